The van der Waals surface area contributed by atoms with Crippen LogP contribution in [0.25, 0.3) is 27.8 Å². The van der Waals surface area contributed by atoms with Gasteiger partial charge in [0.1, 0.15) is 17.2 Å². The van der Waals surface area contributed by atoms with Crippen molar-refractivity contribution in [3.05, 3.63) is 64.1 Å². The van der Waals surface area contributed by atoms with E-state index in [2.05, 4.69) is 29.4 Å². The van der Waals surface area contributed by atoms with Crippen molar-refractivity contribution in [2.45, 2.75) is 32.8 Å². The van der Waals surface area contributed by atoms with Gasteiger partial charge in [-0.3, -0.25) is 9.20 Å². The third kappa shape index (κ3) is 3.19. The minimum Gasteiger partial charge on any atom is -0.376 e. The van der Waals surface area contributed by atoms with Crippen molar-refractivity contribution in [2.24, 2.45) is 0 Å². The minimum absolute atomic E-state index is 0.131. The van der Waals surface area contributed by atoms with Crippen LogP contribution in [0.15, 0.2) is 47.4 Å². The van der Waals surface area contributed by atoms with Crippen molar-refractivity contribution < 1.29 is 4.74 Å². The SMILES string of the molecule is Cc1cc(C)c2[nH]c(=O)c(-c3nc4ccccn4c3NCC3CCCO3)cc2c1. The lowest BCUT2D eigenvalue weighted by Gasteiger charge is -2.13. The molecule has 0 bridgehead atoms. The third-order valence-electron chi connectivity index (χ3n) is 5.60. The minimum atomic E-state index is -0.131. The number of nitrogens with zero attached hydrogens (tertiary/aromatic N) is 2. The topological polar surface area (TPSA) is 71.4 Å². The molecule has 6 heteroatoms. The number of aromatic nitrogens is 3. The lowest BCUT2D eigenvalue weighted by Crippen LogP contribution is -2.20. The Morgan fingerprint density at radius 1 is 1.28 bits per heavy atom. The van der Waals surface area contributed by atoms with Gasteiger partial charge in [-0.05, 0) is 61.9 Å². The number of pyridine rings is 2. The number of benzene rings is 1. The van der Waals surface area contributed by atoms with Crippen molar-refractivity contribution in [1.82, 2.24) is 14.4 Å². The quantitative estimate of drug-likeness (QED) is 0.553. The molecule has 148 valence electrons. The van der Waals surface area contributed by atoms with Crippen molar-refractivity contribution in [2.75, 3.05) is 18.5 Å². The van der Waals surface area contributed by atoms with Gasteiger partial charge in [0.25, 0.3) is 5.56 Å². The van der Waals surface area contributed by atoms with E-state index in [0.29, 0.717) is 17.8 Å². The van der Waals surface area contributed by atoms with Crippen molar-refractivity contribution in [3.63, 3.8) is 0 Å². The van der Waals surface area contributed by atoms with Crippen LogP contribution < -0.4 is 10.9 Å². The van der Waals surface area contributed by atoms with Crippen LogP contribution in [-0.4, -0.2) is 33.6 Å². The summed E-state index contributed by atoms with van der Waals surface area (Å²) >= 11 is 0. The van der Waals surface area contributed by atoms with Gasteiger partial charge < -0.3 is 15.0 Å². The lowest BCUT2D eigenvalue weighted by molar-refractivity contribution is 0.120. The molecular formula is C23H24N4O2. The molecule has 1 unspecified atom stereocenters. The molecule has 0 amide bonds. The molecule has 1 aromatic carbocycles. The van der Waals surface area contributed by atoms with Crippen LogP contribution in [0.4, 0.5) is 5.82 Å². The Morgan fingerprint density at radius 2 is 2.17 bits per heavy atom. The summed E-state index contributed by atoms with van der Waals surface area (Å²) < 4.78 is 7.75. The number of anilines is 1. The van der Waals surface area contributed by atoms with Gasteiger partial charge in [-0.15, -0.1) is 0 Å². The van der Waals surface area contributed by atoms with Gasteiger partial charge in [0.15, 0.2) is 0 Å². The number of rotatable bonds is 4. The number of aromatic amines is 1. The van der Waals surface area contributed by atoms with E-state index in [1.54, 1.807) is 0 Å². The Labute approximate surface area is 168 Å². The van der Waals surface area contributed by atoms with E-state index in [1.807, 2.05) is 41.8 Å². The van der Waals surface area contributed by atoms with Crippen molar-refractivity contribution in [3.8, 4) is 11.3 Å². The fourth-order valence-corrected chi connectivity index (χ4v) is 4.23. The molecule has 1 fully saturated rings. The highest BCUT2D eigenvalue weighted by Crippen LogP contribution is 2.29. The van der Waals surface area contributed by atoms with Crippen LogP contribution in [0, 0.1) is 13.8 Å². The maximum Gasteiger partial charge on any atom is 0.258 e. The van der Waals surface area contributed by atoms with Gasteiger partial charge in [-0.1, -0.05) is 17.7 Å². The molecule has 29 heavy (non-hydrogen) atoms. The van der Waals surface area contributed by atoms with Crippen LogP contribution in [0.3, 0.4) is 0 Å². The smallest absolute Gasteiger partial charge is 0.258 e. The third-order valence-corrected chi connectivity index (χ3v) is 5.60. The second-order valence-corrected chi connectivity index (χ2v) is 7.81. The monoisotopic (exact) mass is 388 g/mol. The average molecular weight is 388 g/mol. The molecule has 4 heterocycles. The second-order valence-electron chi connectivity index (χ2n) is 7.81. The maximum atomic E-state index is 13.0. The van der Waals surface area contributed by atoms with Crippen LogP contribution in [0.1, 0.15) is 24.0 Å². The fraction of sp³-hybridized carbons (Fsp3) is 0.304. The Hall–Kier alpha value is -3.12. The summed E-state index contributed by atoms with van der Waals surface area (Å²) in [6.07, 6.45) is 4.30. The highest BCUT2D eigenvalue weighted by molar-refractivity contribution is 5.88. The number of H-pyrrole nitrogens is 1. The number of hydrogen-bond donors (Lipinski definition) is 2. The Kier molecular flexibility index (Phi) is 4.36. The van der Waals surface area contributed by atoms with E-state index < -0.39 is 0 Å². The van der Waals surface area contributed by atoms with Gasteiger partial charge in [-0.25, -0.2) is 4.98 Å². The second kappa shape index (κ2) is 7.04. The zero-order valence-electron chi connectivity index (χ0n) is 16.7. The summed E-state index contributed by atoms with van der Waals surface area (Å²) in [7, 11) is 0. The van der Waals surface area contributed by atoms with E-state index >= 15 is 0 Å². The molecule has 4 aromatic rings. The summed E-state index contributed by atoms with van der Waals surface area (Å²) in [5.74, 6) is 0.824. The normalized spacial score (nSPS) is 16.7. The average Bonchev–Trinajstić information content (AvgIpc) is 3.34. The highest BCUT2D eigenvalue weighted by atomic mass is 16.5. The summed E-state index contributed by atoms with van der Waals surface area (Å²) in [6.45, 7) is 5.59. The molecular weight excluding hydrogens is 364 g/mol. The van der Waals surface area contributed by atoms with Crippen LogP contribution in [-0.2, 0) is 4.74 Å². The molecule has 0 saturated carbocycles. The Morgan fingerprint density at radius 3 is 3.00 bits per heavy atom. The van der Waals surface area contributed by atoms with Crippen LogP contribution in [0.2, 0.25) is 0 Å². The van der Waals surface area contributed by atoms with Crippen molar-refractivity contribution in [1.29, 1.82) is 0 Å². The van der Waals surface area contributed by atoms with Gasteiger partial charge >= 0.3 is 0 Å². The molecule has 3 aromatic heterocycles. The summed E-state index contributed by atoms with van der Waals surface area (Å²) in [4.78, 5) is 20.8. The zero-order valence-corrected chi connectivity index (χ0v) is 16.7. The number of hydrogen-bond acceptors (Lipinski definition) is 4. The van der Waals surface area contributed by atoms with E-state index in [4.69, 9.17) is 9.72 Å². The first-order valence-corrected chi connectivity index (χ1v) is 10.1. The Bertz CT molecular complexity index is 1270. The van der Waals surface area contributed by atoms with Gasteiger partial charge in [0, 0.05) is 19.3 Å². The van der Waals surface area contributed by atoms with E-state index in [9.17, 15) is 4.79 Å². The zero-order chi connectivity index (χ0) is 20.0. The molecule has 1 atom stereocenters. The van der Waals surface area contributed by atoms with Gasteiger partial charge in [0.05, 0.1) is 17.2 Å². The highest BCUT2D eigenvalue weighted by Gasteiger charge is 2.20. The molecule has 5 rings (SSSR count). The summed E-state index contributed by atoms with van der Waals surface area (Å²) in [5.41, 5.74) is 5.01. The molecule has 1 saturated heterocycles. The molecule has 2 N–H and O–H groups in total. The van der Waals surface area contributed by atoms with Crippen LogP contribution in [0.5, 0.6) is 0 Å². The number of aryl methyl sites for hydroxylation is 2. The Balaban J connectivity index is 1.66. The molecule has 1 aliphatic rings. The predicted octanol–water partition coefficient (Wildman–Crippen LogP) is 4.05. The molecule has 1 aliphatic heterocycles. The van der Waals surface area contributed by atoms with Gasteiger partial charge in [-0.2, -0.15) is 0 Å². The lowest BCUT2D eigenvalue weighted by atomic mass is 10.0. The van der Waals surface area contributed by atoms with E-state index in [-0.39, 0.29) is 11.7 Å². The summed E-state index contributed by atoms with van der Waals surface area (Å²) in [5, 5.41) is 4.51. The fourth-order valence-electron chi connectivity index (χ4n) is 4.23. The maximum absolute atomic E-state index is 13.0. The first kappa shape index (κ1) is 17.9. The largest absolute Gasteiger partial charge is 0.376 e. The summed E-state index contributed by atoms with van der Waals surface area (Å²) in [6, 6.07) is 12.0. The molecule has 6 nitrogen and oxygen atoms in total. The predicted molar refractivity (Wildman–Crippen MR) is 116 cm³/mol. The first-order valence-electron chi connectivity index (χ1n) is 10.1. The van der Waals surface area contributed by atoms with E-state index in [0.717, 1.165) is 47.4 Å². The number of fused-ring (bicyclic) bond motifs is 2. The van der Waals surface area contributed by atoms with Crippen molar-refractivity contribution >= 4 is 22.4 Å². The standard InChI is InChI=1S/C23H24N4O2/c1-14-10-15(2)20-16(11-14)12-18(23(28)26-20)21-22(24-13-17-6-5-9-29-17)27-8-4-3-7-19(27)25-21/h3-4,7-8,10-12,17,24H,5-6,9,13H2,1-2H3,(H,26,28). The number of ether oxygens (including phenoxy) is 1. The van der Waals surface area contributed by atoms with Gasteiger partial charge in [0.2, 0.25) is 0 Å². The first-order chi connectivity index (χ1) is 14.1. The molecule has 0 aliphatic carbocycles. The molecule has 0 spiro atoms. The number of imidazole rings is 1. The van der Waals surface area contributed by atoms with E-state index in [1.165, 1.54) is 5.56 Å². The molecule has 0 radical (unpaired) electrons. The van der Waals surface area contributed by atoms with Crippen LogP contribution >= 0.6 is 0 Å². The number of nitrogens with one attached hydrogen (secondary N) is 2.